The molecule has 0 fully saturated rings. The topological polar surface area (TPSA) is 78.5 Å². The van der Waals surface area contributed by atoms with Gasteiger partial charge < -0.3 is 15.6 Å². The molecule has 2 aromatic heterocycles. The van der Waals surface area contributed by atoms with Crippen LogP contribution in [0.4, 0.5) is 11.6 Å². The molecule has 0 amide bonds. The molecule has 0 unspecified atom stereocenters. The van der Waals surface area contributed by atoms with Gasteiger partial charge in [-0.25, -0.2) is 15.0 Å². The van der Waals surface area contributed by atoms with Crippen molar-refractivity contribution < 1.29 is 0 Å². The number of nitrogens with one attached hydrogen (secondary N) is 3. The van der Waals surface area contributed by atoms with Crippen LogP contribution in [0.1, 0.15) is 5.69 Å². The molecule has 6 nitrogen and oxygen atoms in total. The van der Waals surface area contributed by atoms with Crippen LogP contribution in [0, 0.1) is 0 Å². The van der Waals surface area contributed by atoms with E-state index in [4.69, 9.17) is 0 Å². The molecule has 2 heterocycles. The highest BCUT2D eigenvalue weighted by atomic mass is 15.1. The largest absolute Gasteiger partial charge is 0.373 e. The Kier molecular flexibility index (Phi) is 3.32. The van der Waals surface area contributed by atoms with Crippen LogP contribution in [0.25, 0.3) is 0 Å². The number of rotatable bonds is 5. The molecule has 0 aliphatic rings. The van der Waals surface area contributed by atoms with Gasteiger partial charge in [0.1, 0.15) is 18.0 Å². The van der Waals surface area contributed by atoms with Crippen molar-refractivity contribution >= 4 is 11.6 Å². The fraction of sp³-hybridized carbons (Fsp3) is 0.300. The van der Waals surface area contributed by atoms with Gasteiger partial charge in [0.15, 0.2) is 0 Å². The van der Waals surface area contributed by atoms with E-state index in [1.807, 2.05) is 19.3 Å². The number of aromatic amines is 1. The van der Waals surface area contributed by atoms with Crippen LogP contribution in [-0.4, -0.2) is 33.5 Å². The van der Waals surface area contributed by atoms with Gasteiger partial charge in [0.2, 0.25) is 0 Å². The first-order valence-corrected chi connectivity index (χ1v) is 5.09. The molecule has 0 radical (unpaired) electrons. The van der Waals surface area contributed by atoms with Gasteiger partial charge in [-0.15, -0.1) is 0 Å². The third-order valence-corrected chi connectivity index (χ3v) is 2.18. The molecule has 0 bridgehead atoms. The SMILES string of the molecule is CNc1cc(NCCc2cnc[nH]2)ncn1. The van der Waals surface area contributed by atoms with Crippen LogP contribution in [0.5, 0.6) is 0 Å². The van der Waals surface area contributed by atoms with E-state index in [1.54, 1.807) is 6.33 Å². The number of aromatic nitrogens is 4. The lowest BCUT2D eigenvalue weighted by molar-refractivity contribution is 0.964. The smallest absolute Gasteiger partial charge is 0.131 e. The summed E-state index contributed by atoms with van der Waals surface area (Å²) in [5, 5.41) is 6.18. The number of imidazole rings is 1. The van der Waals surface area contributed by atoms with Gasteiger partial charge in [-0.1, -0.05) is 0 Å². The summed E-state index contributed by atoms with van der Waals surface area (Å²) >= 11 is 0. The second-order valence-electron chi connectivity index (χ2n) is 3.29. The van der Waals surface area contributed by atoms with Crippen molar-refractivity contribution in [2.24, 2.45) is 0 Å². The van der Waals surface area contributed by atoms with Crippen molar-refractivity contribution in [1.82, 2.24) is 19.9 Å². The van der Waals surface area contributed by atoms with Gasteiger partial charge in [0.05, 0.1) is 6.33 Å². The van der Waals surface area contributed by atoms with E-state index in [2.05, 4.69) is 30.6 Å². The highest BCUT2D eigenvalue weighted by molar-refractivity contribution is 5.45. The van der Waals surface area contributed by atoms with E-state index in [1.165, 1.54) is 6.33 Å². The molecule has 2 rings (SSSR count). The predicted octanol–water partition coefficient (Wildman–Crippen LogP) is 0.896. The lowest BCUT2D eigenvalue weighted by Gasteiger charge is -2.05. The molecule has 0 spiro atoms. The van der Waals surface area contributed by atoms with Gasteiger partial charge in [0, 0.05) is 38.0 Å². The first-order valence-electron chi connectivity index (χ1n) is 5.09. The van der Waals surface area contributed by atoms with E-state index in [-0.39, 0.29) is 0 Å². The van der Waals surface area contributed by atoms with Crippen molar-refractivity contribution in [3.05, 3.63) is 30.6 Å². The molecule has 16 heavy (non-hydrogen) atoms. The zero-order valence-electron chi connectivity index (χ0n) is 9.07. The van der Waals surface area contributed by atoms with Gasteiger partial charge >= 0.3 is 0 Å². The van der Waals surface area contributed by atoms with Crippen molar-refractivity contribution in [3.8, 4) is 0 Å². The fourth-order valence-corrected chi connectivity index (χ4v) is 1.34. The Balaban J connectivity index is 1.85. The molecule has 0 atom stereocenters. The second-order valence-corrected chi connectivity index (χ2v) is 3.29. The summed E-state index contributed by atoms with van der Waals surface area (Å²) in [7, 11) is 1.83. The number of hydrogen-bond acceptors (Lipinski definition) is 5. The van der Waals surface area contributed by atoms with Gasteiger partial charge in [-0.2, -0.15) is 0 Å². The Labute approximate surface area is 93.6 Å². The summed E-state index contributed by atoms with van der Waals surface area (Å²) in [6, 6.07) is 1.87. The van der Waals surface area contributed by atoms with Gasteiger partial charge in [-0.05, 0) is 0 Å². The second kappa shape index (κ2) is 5.11. The van der Waals surface area contributed by atoms with Crippen molar-refractivity contribution in [2.45, 2.75) is 6.42 Å². The summed E-state index contributed by atoms with van der Waals surface area (Å²) in [5.74, 6) is 1.62. The van der Waals surface area contributed by atoms with Crippen molar-refractivity contribution in [1.29, 1.82) is 0 Å². The minimum Gasteiger partial charge on any atom is -0.373 e. The third-order valence-electron chi connectivity index (χ3n) is 2.18. The summed E-state index contributed by atoms with van der Waals surface area (Å²) in [6.07, 6.45) is 5.92. The van der Waals surface area contributed by atoms with E-state index in [9.17, 15) is 0 Å². The standard InChI is InChI=1S/C10H14N6/c1-11-9-4-10(16-7-15-9)13-3-2-8-5-12-6-14-8/h4-7H,2-3H2,1H3,(H,12,14)(H2,11,13,15,16). The van der Waals surface area contributed by atoms with Crippen molar-refractivity contribution in [3.63, 3.8) is 0 Å². The molecule has 3 N–H and O–H groups in total. The summed E-state index contributed by atoms with van der Waals surface area (Å²) in [5.41, 5.74) is 1.11. The predicted molar refractivity (Wildman–Crippen MR) is 62.4 cm³/mol. The van der Waals surface area contributed by atoms with E-state index in [0.717, 1.165) is 30.3 Å². The van der Waals surface area contributed by atoms with Crippen LogP contribution in [-0.2, 0) is 6.42 Å². The lowest BCUT2D eigenvalue weighted by Crippen LogP contribution is -2.07. The highest BCUT2D eigenvalue weighted by Gasteiger charge is 1.97. The minimum absolute atomic E-state index is 0.805. The average Bonchev–Trinajstić information content (AvgIpc) is 2.82. The van der Waals surface area contributed by atoms with Crippen molar-refractivity contribution in [2.75, 3.05) is 24.2 Å². The van der Waals surface area contributed by atoms with Crippen LogP contribution in [0.3, 0.4) is 0 Å². The normalized spacial score (nSPS) is 10.1. The zero-order chi connectivity index (χ0) is 11.2. The summed E-state index contributed by atoms with van der Waals surface area (Å²) in [4.78, 5) is 15.2. The number of hydrogen-bond donors (Lipinski definition) is 3. The van der Waals surface area contributed by atoms with Crippen LogP contribution < -0.4 is 10.6 Å². The molecule has 0 aliphatic heterocycles. The Hall–Kier alpha value is -2.11. The van der Waals surface area contributed by atoms with Crippen LogP contribution in [0.15, 0.2) is 24.9 Å². The quantitative estimate of drug-likeness (QED) is 0.694. The Morgan fingerprint density at radius 1 is 1.31 bits per heavy atom. The Morgan fingerprint density at radius 3 is 2.94 bits per heavy atom. The monoisotopic (exact) mass is 218 g/mol. The molecule has 0 aliphatic carbocycles. The number of nitrogens with zero attached hydrogens (tertiary/aromatic N) is 3. The molecule has 6 heteroatoms. The lowest BCUT2D eigenvalue weighted by atomic mass is 10.3. The molecular formula is C10H14N6. The average molecular weight is 218 g/mol. The molecule has 84 valence electrons. The molecule has 0 aromatic carbocycles. The maximum atomic E-state index is 4.12. The minimum atomic E-state index is 0.805. The first-order chi connectivity index (χ1) is 7.88. The summed E-state index contributed by atoms with van der Waals surface area (Å²) < 4.78 is 0. The maximum Gasteiger partial charge on any atom is 0.131 e. The zero-order valence-corrected chi connectivity index (χ0v) is 9.07. The van der Waals surface area contributed by atoms with Crippen LogP contribution in [0.2, 0.25) is 0 Å². The number of anilines is 2. The Bertz CT molecular complexity index is 425. The molecular weight excluding hydrogens is 204 g/mol. The van der Waals surface area contributed by atoms with E-state index in [0.29, 0.717) is 0 Å². The van der Waals surface area contributed by atoms with Gasteiger partial charge in [-0.3, -0.25) is 0 Å². The third kappa shape index (κ3) is 2.69. The first kappa shape index (κ1) is 10.4. The van der Waals surface area contributed by atoms with E-state index < -0.39 is 0 Å². The highest BCUT2D eigenvalue weighted by Crippen LogP contribution is 2.07. The maximum absolute atomic E-state index is 4.12. The van der Waals surface area contributed by atoms with E-state index >= 15 is 0 Å². The number of H-pyrrole nitrogens is 1. The van der Waals surface area contributed by atoms with Gasteiger partial charge in [0.25, 0.3) is 0 Å². The molecule has 2 aromatic rings. The van der Waals surface area contributed by atoms with Crippen LogP contribution >= 0.6 is 0 Å². The molecule has 0 saturated carbocycles. The summed E-state index contributed by atoms with van der Waals surface area (Å²) in [6.45, 7) is 0.808. The Morgan fingerprint density at radius 2 is 2.19 bits per heavy atom. The fourth-order valence-electron chi connectivity index (χ4n) is 1.34. The molecule has 0 saturated heterocycles.